The van der Waals surface area contributed by atoms with Crippen LogP contribution in [-0.4, -0.2) is 33.5 Å². The van der Waals surface area contributed by atoms with Crippen LogP contribution in [0.3, 0.4) is 0 Å². The van der Waals surface area contributed by atoms with Crippen LogP contribution in [0, 0.1) is 0 Å². The second-order valence-corrected chi connectivity index (χ2v) is 7.89. The SMILES string of the molecule is COc1ccc(OC)c(CCNC(=O)C2(c3ccc4c(c3)OCO4)CCCCC2)c1. The van der Waals surface area contributed by atoms with Gasteiger partial charge in [0.05, 0.1) is 19.6 Å². The summed E-state index contributed by atoms with van der Waals surface area (Å²) in [5.74, 6) is 3.14. The van der Waals surface area contributed by atoms with Crippen LogP contribution in [-0.2, 0) is 16.6 Å². The maximum absolute atomic E-state index is 13.4. The summed E-state index contributed by atoms with van der Waals surface area (Å²) in [6.45, 7) is 0.773. The fraction of sp³-hybridized carbons (Fsp3) is 0.458. The Hall–Kier alpha value is -2.89. The first-order valence-electron chi connectivity index (χ1n) is 10.6. The molecule has 2 aromatic carbocycles. The number of ether oxygens (including phenoxy) is 4. The molecule has 0 unspecified atom stereocenters. The van der Waals surface area contributed by atoms with Crippen LogP contribution in [0.2, 0.25) is 0 Å². The number of hydrogen-bond donors (Lipinski definition) is 1. The number of nitrogens with one attached hydrogen (secondary N) is 1. The van der Waals surface area contributed by atoms with Crippen molar-refractivity contribution >= 4 is 5.91 Å². The lowest BCUT2D eigenvalue weighted by atomic mass is 9.68. The highest BCUT2D eigenvalue weighted by molar-refractivity contribution is 5.88. The molecule has 2 aliphatic rings. The van der Waals surface area contributed by atoms with Gasteiger partial charge >= 0.3 is 0 Å². The molecule has 1 amide bonds. The largest absolute Gasteiger partial charge is 0.497 e. The number of rotatable bonds is 7. The van der Waals surface area contributed by atoms with Crippen molar-refractivity contribution in [2.24, 2.45) is 0 Å². The molecular weight excluding hydrogens is 382 g/mol. The quantitative estimate of drug-likeness (QED) is 0.746. The minimum atomic E-state index is -0.516. The van der Waals surface area contributed by atoms with Crippen molar-refractivity contribution in [1.82, 2.24) is 5.32 Å². The zero-order valence-corrected chi connectivity index (χ0v) is 17.7. The van der Waals surface area contributed by atoms with Crippen molar-refractivity contribution < 1.29 is 23.7 Å². The molecule has 1 N–H and O–H groups in total. The second-order valence-electron chi connectivity index (χ2n) is 7.89. The molecule has 1 aliphatic carbocycles. The van der Waals surface area contributed by atoms with E-state index in [4.69, 9.17) is 18.9 Å². The molecule has 2 aromatic rings. The number of amides is 1. The minimum Gasteiger partial charge on any atom is -0.497 e. The molecule has 1 fully saturated rings. The number of carbonyl (C=O) groups is 1. The molecule has 0 bridgehead atoms. The minimum absolute atomic E-state index is 0.0860. The van der Waals surface area contributed by atoms with E-state index in [2.05, 4.69) is 5.32 Å². The molecule has 1 saturated carbocycles. The normalized spacial score (nSPS) is 16.7. The number of fused-ring (bicyclic) bond motifs is 1. The third kappa shape index (κ3) is 3.91. The molecule has 1 aliphatic heterocycles. The topological polar surface area (TPSA) is 66.0 Å². The van der Waals surface area contributed by atoms with E-state index < -0.39 is 5.41 Å². The average molecular weight is 411 g/mol. The summed E-state index contributed by atoms with van der Waals surface area (Å²) in [7, 11) is 3.30. The number of methoxy groups -OCH3 is 2. The number of carbonyl (C=O) groups excluding carboxylic acids is 1. The first-order chi connectivity index (χ1) is 14.7. The van der Waals surface area contributed by atoms with Crippen molar-refractivity contribution in [1.29, 1.82) is 0 Å². The standard InChI is InChI=1S/C24H29NO5/c1-27-19-7-9-20(28-2)17(14-19)10-13-25-23(26)24(11-4-3-5-12-24)18-6-8-21-22(15-18)30-16-29-21/h6-9,14-15H,3-5,10-13,16H2,1-2H3,(H,25,26). The Balaban J connectivity index is 1.50. The average Bonchev–Trinajstić information content (AvgIpc) is 3.27. The highest BCUT2D eigenvalue weighted by Crippen LogP contribution is 2.43. The molecule has 4 rings (SSSR count). The van der Waals surface area contributed by atoms with E-state index in [9.17, 15) is 4.79 Å². The fourth-order valence-electron chi connectivity index (χ4n) is 4.55. The Morgan fingerprint density at radius 2 is 1.80 bits per heavy atom. The summed E-state index contributed by atoms with van der Waals surface area (Å²) in [6.07, 6.45) is 5.63. The highest BCUT2D eigenvalue weighted by Gasteiger charge is 2.41. The number of benzene rings is 2. The van der Waals surface area contributed by atoms with Gasteiger partial charge in [-0.05, 0) is 60.7 Å². The van der Waals surface area contributed by atoms with Crippen LogP contribution in [0.15, 0.2) is 36.4 Å². The maximum Gasteiger partial charge on any atom is 0.231 e. The Kier molecular flexibility index (Phi) is 6.02. The fourth-order valence-corrected chi connectivity index (χ4v) is 4.55. The van der Waals surface area contributed by atoms with Gasteiger partial charge in [-0.3, -0.25) is 4.79 Å². The summed E-state index contributed by atoms with van der Waals surface area (Å²) in [6, 6.07) is 11.6. The molecule has 30 heavy (non-hydrogen) atoms. The molecule has 0 aromatic heterocycles. The van der Waals surface area contributed by atoms with Gasteiger partial charge in [0.1, 0.15) is 11.5 Å². The van der Waals surface area contributed by atoms with Crippen molar-refractivity contribution in [3.8, 4) is 23.0 Å². The van der Waals surface area contributed by atoms with Crippen molar-refractivity contribution in [2.45, 2.75) is 43.9 Å². The van der Waals surface area contributed by atoms with Gasteiger partial charge in [0.2, 0.25) is 12.7 Å². The summed E-state index contributed by atoms with van der Waals surface area (Å²) < 4.78 is 21.8. The second kappa shape index (κ2) is 8.86. The molecule has 0 atom stereocenters. The Morgan fingerprint density at radius 1 is 1.00 bits per heavy atom. The van der Waals surface area contributed by atoms with E-state index in [0.29, 0.717) is 13.0 Å². The predicted molar refractivity (Wildman–Crippen MR) is 114 cm³/mol. The van der Waals surface area contributed by atoms with E-state index in [1.54, 1.807) is 14.2 Å². The van der Waals surface area contributed by atoms with Crippen LogP contribution in [0.25, 0.3) is 0 Å². The molecule has 0 spiro atoms. The highest BCUT2D eigenvalue weighted by atomic mass is 16.7. The van der Waals surface area contributed by atoms with Crippen LogP contribution in [0.1, 0.15) is 43.2 Å². The van der Waals surface area contributed by atoms with E-state index in [1.165, 1.54) is 6.42 Å². The summed E-state index contributed by atoms with van der Waals surface area (Å²) in [5.41, 5.74) is 1.51. The van der Waals surface area contributed by atoms with E-state index in [0.717, 1.165) is 59.8 Å². The van der Waals surface area contributed by atoms with Crippen LogP contribution < -0.4 is 24.3 Å². The van der Waals surface area contributed by atoms with Crippen molar-refractivity contribution in [3.63, 3.8) is 0 Å². The Labute approximate surface area is 177 Å². The van der Waals surface area contributed by atoms with Crippen LogP contribution in [0.5, 0.6) is 23.0 Å². The molecule has 6 heteroatoms. The first-order valence-corrected chi connectivity index (χ1v) is 10.6. The molecule has 160 valence electrons. The Bertz CT molecular complexity index is 904. The van der Waals surface area contributed by atoms with Crippen molar-refractivity contribution in [3.05, 3.63) is 47.5 Å². The van der Waals surface area contributed by atoms with E-state index in [-0.39, 0.29) is 12.7 Å². The lowest BCUT2D eigenvalue weighted by molar-refractivity contribution is -0.128. The summed E-state index contributed by atoms with van der Waals surface area (Å²) in [4.78, 5) is 13.4. The smallest absolute Gasteiger partial charge is 0.231 e. The molecular formula is C24H29NO5. The van der Waals surface area contributed by atoms with Gasteiger partial charge in [0.25, 0.3) is 0 Å². The van der Waals surface area contributed by atoms with Gasteiger partial charge in [-0.25, -0.2) is 0 Å². The van der Waals surface area contributed by atoms with Gasteiger partial charge in [0, 0.05) is 6.54 Å². The van der Waals surface area contributed by atoms with Crippen LogP contribution in [0.4, 0.5) is 0 Å². The summed E-state index contributed by atoms with van der Waals surface area (Å²) >= 11 is 0. The Morgan fingerprint density at radius 3 is 2.57 bits per heavy atom. The third-order valence-electron chi connectivity index (χ3n) is 6.23. The van der Waals surface area contributed by atoms with Gasteiger partial charge in [-0.15, -0.1) is 0 Å². The molecule has 0 radical (unpaired) electrons. The van der Waals surface area contributed by atoms with Crippen molar-refractivity contribution in [2.75, 3.05) is 27.6 Å². The monoisotopic (exact) mass is 411 g/mol. The zero-order chi connectivity index (χ0) is 21.0. The molecule has 6 nitrogen and oxygen atoms in total. The van der Waals surface area contributed by atoms with E-state index >= 15 is 0 Å². The third-order valence-corrected chi connectivity index (χ3v) is 6.23. The lowest BCUT2D eigenvalue weighted by Gasteiger charge is -2.36. The van der Waals surface area contributed by atoms with Crippen LogP contribution >= 0.6 is 0 Å². The summed E-state index contributed by atoms with van der Waals surface area (Å²) in [5, 5.41) is 3.19. The van der Waals surface area contributed by atoms with E-state index in [1.807, 2.05) is 36.4 Å². The van der Waals surface area contributed by atoms with Gasteiger partial charge in [-0.1, -0.05) is 25.3 Å². The predicted octanol–water partition coefficient (Wildman–Crippen LogP) is 3.99. The van der Waals surface area contributed by atoms with Gasteiger partial charge in [0.15, 0.2) is 11.5 Å². The van der Waals surface area contributed by atoms with Gasteiger partial charge in [-0.2, -0.15) is 0 Å². The molecule has 0 saturated heterocycles. The van der Waals surface area contributed by atoms with Gasteiger partial charge < -0.3 is 24.3 Å². The lowest BCUT2D eigenvalue weighted by Crippen LogP contribution is -2.46. The number of hydrogen-bond acceptors (Lipinski definition) is 5. The maximum atomic E-state index is 13.4. The molecule has 1 heterocycles. The first kappa shape index (κ1) is 20.4. The zero-order valence-electron chi connectivity index (χ0n) is 17.7.